The topological polar surface area (TPSA) is 89.4 Å². The number of fused-ring (bicyclic) bond motifs is 1. The maximum atomic E-state index is 13.2. The number of carbonyl (C=O) groups excluding carboxylic acids is 2. The third kappa shape index (κ3) is 4.70. The van der Waals surface area contributed by atoms with Gasteiger partial charge in [-0.1, -0.05) is 47.7 Å². The van der Waals surface area contributed by atoms with Crippen molar-refractivity contribution in [1.29, 1.82) is 0 Å². The maximum Gasteiger partial charge on any atom is 0.276 e. The van der Waals surface area contributed by atoms with Gasteiger partial charge in [0.25, 0.3) is 5.91 Å². The third-order valence-electron chi connectivity index (χ3n) is 6.50. The zero-order chi connectivity index (χ0) is 23.5. The lowest BCUT2D eigenvalue weighted by Crippen LogP contribution is -2.43. The number of benzene rings is 2. The van der Waals surface area contributed by atoms with E-state index in [1.54, 1.807) is 21.7 Å². The van der Waals surface area contributed by atoms with Crippen molar-refractivity contribution in [2.45, 2.75) is 38.6 Å². The summed E-state index contributed by atoms with van der Waals surface area (Å²) in [6.45, 7) is 2.10. The van der Waals surface area contributed by atoms with E-state index in [1.807, 2.05) is 30.3 Å². The van der Waals surface area contributed by atoms with Crippen LogP contribution < -0.4 is 5.32 Å². The van der Waals surface area contributed by atoms with E-state index in [4.69, 9.17) is 4.74 Å². The van der Waals surface area contributed by atoms with Crippen molar-refractivity contribution in [3.63, 3.8) is 0 Å². The molecular formula is C25H26FN5O3. The van der Waals surface area contributed by atoms with Gasteiger partial charge in [0.2, 0.25) is 5.91 Å². The standard InChI is InChI=1S/C25H26FN5O3/c26-20-8-6-18(7-9-20)22-15-31-21(16-34-22)23(28-29-31)25(33)30-12-10-19(11-13-30)24(32)27-14-17-4-2-1-3-5-17/h1-9,19,22H,10-16H2,(H,27,32)/t22-/m0/s1. The van der Waals surface area contributed by atoms with E-state index >= 15 is 0 Å². The Hall–Kier alpha value is -3.59. The number of carbonyl (C=O) groups is 2. The Morgan fingerprint density at radius 3 is 2.53 bits per heavy atom. The normalized spacial score (nSPS) is 18.4. The summed E-state index contributed by atoms with van der Waals surface area (Å²) in [5.41, 5.74) is 2.85. The zero-order valence-corrected chi connectivity index (χ0v) is 18.7. The highest BCUT2D eigenvalue weighted by Gasteiger charge is 2.33. The number of nitrogens with zero attached hydrogens (tertiary/aromatic N) is 4. The van der Waals surface area contributed by atoms with Crippen molar-refractivity contribution in [3.05, 3.63) is 82.9 Å². The molecule has 9 heteroatoms. The summed E-state index contributed by atoms with van der Waals surface area (Å²) < 4.78 is 20.8. The number of halogens is 1. The molecule has 3 heterocycles. The first-order valence-corrected chi connectivity index (χ1v) is 11.5. The summed E-state index contributed by atoms with van der Waals surface area (Å²) in [5, 5.41) is 11.3. The number of likely N-dealkylation sites (tertiary alicyclic amines) is 1. The first-order valence-electron chi connectivity index (χ1n) is 11.5. The molecule has 0 aliphatic carbocycles. The van der Waals surface area contributed by atoms with Gasteiger partial charge >= 0.3 is 0 Å². The molecule has 8 nitrogen and oxygen atoms in total. The molecule has 2 aliphatic rings. The molecule has 2 amide bonds. The Bertz CT molecular complexity index is 1160. The summed E-state index contributed by atoms with van der Waals surface area (Å²) >= 11 is 0. The van der Waals surface area contributed by atoms with Gasteiger partial charge in [-0.2, -0.15) is 0 Å². The van der Waals surface area contributed by atoms with Crippen molar-refractivity contribution in [1.82, 2.24) is 25.2 Å². The highest BCUT2D eigenvalue weighted by Crippen LogP contribution is 2.28. The SMILES string of the molecule is O=C(NCc1ccccc1)C1CCN(C(=O)c2nnn3c2CO[C@H](c2ccc(F)cc2)C3)CC1. The minimum Gasteiger partial charge on any atom is -0.365 e. The molecule has 2 aromatic carbocycles. The summed E-state index contributed by atoms with van der Waals surface area (Å²) in [6, 6.07) is 16.0. The van der Waals surface area contributed by atoms with Crippen LogP contribution in [0.15, 0.2) is 54.6 Å². The van der Waals surface area contributed by atoms with E-state index in [0.717, 1.165) is 11.1 Å². The van der Waals surface area contributed by atoms with Gasteiger partial charge in [-0.05, 0) is 36.1 Å². The van der Waals surface area contributed by atoms with Crippen LogP contribution in [0.2, 0.25) is 0 Å². The molecule has 1 fully saturated rings. The van der Waals surface area contributed by atoms with Crippen LogP contribution >= 0.6 is 0 Å². The van der Waals surface area contributed by atoms with Crippen LogP contribution in [0, 0.1) is 11.7 Å². The lowest BCUT2D eigenvalue weighted by atomic mass is 9.95. The van der Waals surface area contributed by atoms with Crippen LogP contribution in [-0.2, 0) is 29.2 Å². The van der Waals surface area contributed by atoms with Gasteiger partial charge < -0.3 is 15.0 Å². The van der Waals surface area contributed by atoms with Gasteiger partial charge in [-0.15, -0.1) is 5.10 Å². The van der Waals surface area contributed by atoms with Crippen LogP contribution in [0.4, 0.5) is 4.39 Å². The largest absolute Gasteiger partial charge is 0.365 e. The Morgan fingerprint density at radius 2 is 1.79 bits per heavy atom. The highest BCUT2D eigenvalue weighted by atomic mass is 19.1. The quantitative estimate of drug-likeness (QED) is 0.629. The molecule has 176 valence electrons. The Balaban J connectivity index is 1.16. The number of hydrogen-bond donors (Lipinski definition) is 1. The maximum absolute atomic E-state index is 13.2. The second-order valence-electron chi connectivity index (χ2n) is 8.69. The van der Waals surface area contributed by atoms with Gasteiger partial charge in [0.1, 0.15) is 11.9 Å². The fourth-order valence-corrected chi connectivity index (χ4v) is 4.48. The van der Waals surface area contributed by atoms with Crippen LogP contribution in [-0.4, -0.2) is 44.8 Å². The molecule has 0 bridgehead atoms. The van der Waals surface area contributed by atoms with E-state index in [1.165, 1.54) is 12.1 Å². The van der Waals surface area contributed by atoms with Gasteiger partial charge in [-0.25, -0.2) is 9.07 Å². The number of rotatable bonds is 5. The third-order valence-corrected chi connectivity index (χ3v) is 6.50. The molecule has 34 heavy (non-hydrogen) atoms. The minimum absolute atomic E-state index is 0.0252. The predicted molar refractivity (Wildman–Crippen MR) is 121 cm³/mol. The summed E-state index contributed by atoms with van der Waals surface area (Å²) in [5.74, 6) is -0.571. The van der Waals surface area contributed by atoms with E-state index in [2.05, 4.69) is 15.6 Å². The molecule has 0 radical (unpaired) electrons. The molecule has 1 saturated heterocycles. The second-order valence-corrected chi connectivity index (χ2v) is 8.69. The molecule has 1 aromatic heterocycles. The number of piperidine rings is 1. The number of nitrogens with one attached hydrogen (secondary N) is 1. The molecule has 0 saturated carbocycles. The predicted octanol–water partition coefficient (Wildman–Crippen LogP) is 2.86. The van der Waals surface area contributed by atoms with Crippen LogP contribution in [0.1, 0.15) is 46.3 Å². The Morgan fingerprint density at radius 1 is 1.06 bits per heavy atom. The van der Waals surface area contributed by atoms with Gasteiger partial charge in [-0.3, -0.25) is 9.59 Å². The highest BCUT2D eigenvalue weighted by molar-refractivity contribution is 5.93. The summed E-state index contributed by atoms with van der Waals surface area (Å²) in [4.78, 5) is 27.4. The fourth-order valence-electron chi connectivity index (χ4n) is 4.48. The average molecular weight is 464 g/mol. The monoisotopic (exact) mass is 463 g/mol. The first-order chi connectivity index (χ1) is 16.6. The Kier molecular flexibility index (Phi) is 6.35. The fraction of sp³-hybridized carbons (Fsp3) is 0.360. The zero-order valence-electron chi connectivity index (χ0n) is 18.7. The van der Waals surface area contributed by atoms with Gasteiger partial charge in [0.05, 0.1) is 18.8 Å². The molecule has 5 rings (SSSR count). The molecule has 0 unspecified atom stereocenters. The van der Waals surface area contributed by atoms with Crippen molar-refractivity contribution in [3.8, 4) is 0 Å². The number of ether oxygens (including phenoxy) is 1. The molecule has 3 aromatic rings. The molecule has 1 N–H and O–H groups in total. The van der Waals surface area contributed by atoms with Crippen molar-refractivity contribution in [2.24, 2.45) is 5.92 Å². The molecule has 0 spiro atoms. The van der Waals surface area contributed by atoms with Gasteiger partial charge in [0, 0.05) is 25.6 Å². The number of hydrogen-bond acceptors (Lipinski definition) is 5. The second kappa shape index (κ2) is 9.72. The van der Waals surface area contributed by atoms with Crippen molar-refractivity contribution in [2.75, 3.05) is 13.1 Å². The van der Waals surface area contributed by atoms with Crippen LogP contribution in [0.3, 0.4) is 0 Å². The van der Waals surface area contributed by atoms with E-state index in [9.17, 15) is 14.0 Å². The molecule has 1 atom stereocenters. The average Bonchev–Trinajstić information content (AvgIpc) is 3.31. The van der Waals surface area contributed by atoms with Gasteiger partial charge in [0.15, 0.2) is 5.69 Å². The molecular weight excluding hydrogens is 437 g/mol. The lowest BCUT2D eigenvalue weighted by Gasteiger charge is -2.31. The van der Waals surface area contributed by atoms with E-state index in [-0.39, 0.29) is 36.3 Å². The summed E-state index contributed by atoms with van der Waals surface area (Å²) in [7, 11) is 0. The van der Waals surface area contributed by atoms with E-state index < -0.39 is 0 Å². The number of aromatic nitrogens is 3. The first kappa shape index (κ1) is 22.2. The van der Waals surface area contributed by atoms with Crippen LogP contribution in [0.25, 0.3) is 0 Å². The smallest absolute Gasteiger partial charge is 0.276 e. The minimum atomic E-state index is -0.300. The molecule has 2 aliphatic heterocycles. The number of amides is 2. The summed E-state index contributed by atoms with van der Waals surface area (Å²) in [6.07, 6.45) is 0.945. The Labute approximate surface area is 196 Å². The lowest BCUT2D eigenvalue weighted by molar-refractivity contribution is -0.126. The van der Waals surface area contributed by atoms with Crippen LogP contribution in [0.5, 0.6) is 0 Å². The van der Waals surface area contributed by atoms with E-state index in [0.29, 0.717) is 50.4 Å². The van der Waals surface area contributed by atoms with Crippen molar-refractivity contribution >= 4 is 11.8 Å². The van der Waals surface area contributed by atoms with Crippen molar-refractivity contribution < 1.29 is 18.7 Å².